The highest BCUT2D eigenvalue weighted by Crippen LogP contribution is 2.47. The molecular formula is C12H16N2O3S. The number of hydrogen-bond donors (Lipinski definition) is 1. The van der Waals surface area contributed by atoms with Crippen LogP contribution in [0.5, 0.6) is 0 Å². The van der Waals surface area contributed by atoms with Gasteiger partial charge in [-0.2, -0.15) is 0 Å². The summed E-state index contributed by atoms with van der Waals surface area (Å²) in [6.45, 7) is 3.78. The molecule has 18 heavy (non-hydrogen) atoms. The number of thiazole rings is 1. The van der Waals surface area contributed by atoms with Crippen LogP contribution in [0.4, 0.5) is 0 Å². The number of nitrogens with zero attached hydrogens (tertiary/aromatic N) is 1. The summed E-state index contributed by atoms with van der Waals surface area (Å²) in [7, 11) is 1.31. The third-order valence-corrected chi connectivity index (χ3v) is 3.98. The summed E-state index contributed by atoms with van der Waals surface area (Å²) in [6, 6.07) is -0.190. The molecule has 5 nitrogen and oxygen atoms in total. The van der Waals surface area contributed by atoms with Crippen LogP contribution >= 0.6 is 11.3 Å². The van der Waals surface area contributed by atoms with E-state index in [1.165, 1.54) is 18.4 Å². The van der Waals surface area contributed by atoms with Gasteiger partial charge in [-0.3, -0.25) is 9.59 Å². The Hall–Kier alpha value is -1.43. The second kappa shape index (κ2) is 4.68. The molecule has 1 aliphatic rings. The highest BCUT2D eigenvalue weighted by atomic mass is 32.1. The van der Waals surface area contributed by atoms with Crippen LogP contribution < -0.4 is 5.32 Å². The number of amides is 1. The highest BCUT2D eigenvalue weighted by molar-refractivity contribution is 7.09. The van der Waals surface area contributed by atoms with Crippen molar-refractivity contribution in [3.8, 4) is 0 Å². The molecule has 0 bridgehead atoms. The first-order valence-corrected chi connectivity index (χ1v) is 6.69. The number of aromatic nitrogens is 1. The van der Waals surface area contributed by atoms with Crippen molar-refractivity contribution in [2.45, 2.75) is 32.7 Å². The van der Waals surface area contributed by atoms with E-state index in [2.05, 4.69) is 15.0 Å². The molecule has 6 heteroatoms. The lowest BCUT2D eigenvalue weighted by Gasteiger charge is -2.16. The fourth-order valence-corrected chi connectivity index (χ4v) is 2.54. The van der Waals surface area contributed by atoms with Gasteiger partial charge in [0.2, 0.25) is 5.91 Å². The van der Waals surface area contributed by atoms with Crippen LogP contribution in [-0.2, 0) is 14.3 Å². The standard InChI is InChI=1S/C12H16N2O3S/c1-7(9-6-18-8(2)14-9)13-10(15)12(4-5-12)11(16)17-3/h6-7H,4-5H2,1-3H3,(H,13,15)/t7-/m1/s1. The molecule has 1 aromatic heterocycles. The van der Waals surface area contributed by atoms with Gasteiger partial charge in [0, 0.05) is 5.38 Å². The molecule has 0 spiro atoms. The van der Waals surface area contributed by atoms with Crippen molar-refractivity contribution in [2.24, 2.45) is 5.41 Å². The minimum absolute atomic E-state index is 0.190. The molecular weight excluding hydrogens is 252 g/mol. The summed E-state index contributed by atoms with van der Waals surface area (Å²) in [5, 5.41) is 5.71. The Labute approximate surface area is 110 Å². The fourth-order valence-electron chi connectivity index (χ4n) is 1.83. The molecule has 0 aromatic carbocycles. The molecule has 1 fully saturated rings. The Morgan fingerprint density at radius 2 is 2.22 bits per heavy atom. The minimum Gasteiger partial charge on any atom is -0.468 e. The van der Waals surface area contributed by atoms with Crippen LogP contribution in [-0.4, -0.2) is 24.0 Å². The van der Waals surface area contributed by atoms with Crippen LogP contribution in [0.2, 0.25) is 0 Å². The van der Waals surface area contributed by atoms with Crippen molar-refractivity contribution in [1.29, 1.82) is 0 Å². The summed E-state index contributed by atoms with van der Waals surface area (Å²) in [4.78, 5) is 28.0. The molecule has 0 radical (unpaired) electrons. The lowest BCUT2D eigenvalue weighted by Crippen LogP contribution is -2.39. The quantitative estimate of drug-likeness (QED) is 0.665. The average Bonchev–Trinajstić information content (AvgIpc) is 3.05. The van der Waals surface area contributed by atoms with Gasteiger partial charge in [0.05, 0.1) is 23.9 Å². The minimum atomic E-state index is -0.950. The van der Waals surface area contributed by atoms with E-state index in [0.717, 1.165) is 10.7 Å². The molecule has 1 heterocycles. The number of carbonyl (C=O) groups excluding carboxylic acids is 2. The van der Waals surface area contributed by atoms with Gasteiger partial charge in [0.15, 0.2) is 0 Å². The number of carbonyl (C=O) groups is 2. The van der Waals surface area contributed by atoms with Crippen LogP contribution in [0.25, 0.3) is 0 Å². The molecule has 2 rings (SSSR count). The largest absolute Gasteiger partial charge is 0.468 e. The summed E-state index contributed by atoms with van der Waals surface area (Å²) >= 11 is 1.54. The molecule has 0 aliphatic heterocycles. The van der Waals surface area contributed by atoms with Crippen LogP contribution in [0.1, 0.15) is 36.5 Å². The average molecular weight is 268 g/mol. The van der Waals surface area contributed by atoms with E-state index in [-0.39, 0.29) is 11.9 Å². The van der Waals surface area contributed by atoms with Gasteiger partial charge in [0.1, 0.15) is 5.41 Å². The van der Waals surface area contributed by atoms with Crippen molar-refractivity contribution in [3.05, 3.63) is 16.1 Å². The Morgan fingerprint density at radius 3 is 2.67 bits per heavy atom. The van der Waals surface area contributed by atoms with Crippen molar-refractivity contribution >= 4 is 23.2 Å². The first-order valence-electron chi connectivity index (χ1n) is 5.81. The third kappa shape index (κ3) is 2.25. The summed E-state index contributed by atoms with van der Waals surface area (Å²) in [5.74, 6) is -0.700. The molecule has 1 aliphatic carbocycles. The van der Waals surface area contributed by atoms with Crippen molar-refractivity contribution < 1.29 is 14.3 Å². The van der Waals surface area contributed by atoms with E-state index < -0.39 is 11.4 Å². The van der Waals surface area contributed by atoms with Gasteiger partial charge in [-0.25, -0.2) is 4.98 Å². The number of nitrogens with one attached hydrogen (secondary N) is 1. The second-order valence-electron chi connectivity index (χ2n) is 4.56. The topological polar surface area (TPSA) is 68.3 Å². The Balaban J connectivity index is 2.02. The number of hydrogen-bond acceptors (Lipinski definition) is 5. The van der Waals surface area contributed by atoms with Gasteiger partial charge in [-0.1, -0.05) is 0 Å². The molecule has 1 saturated carbocycles. The number of ether oxygens (including phenoxy) is 1. The van der Waals surface area contributed by atoms with Gasteiger partial charge >= 0.3 is 5.97 Å². The van der Waals surface area contributed by atoms with E-state index in [1.54, 1.807) is 0 Å². The Morgan fingerprint density at radius 1 is 1.56 bits per heavy atom. The Kier molecular flexibility index (Phi) is 3.38. The molecule has 0 unspecified atom stereocenters. The number of esters is 1. The van der Waals surface area contributed by atoms with Gasteiger partial charge < -0.3 is 10.1 Å². The highest BCUT2D eigenvalue weighted by Gasteiger charge is 2.58. The Bertz CT molecular complexity index is 479. The van der Waals surface area contributed by atoms with E-state index in [9.17, 15) is 9.59 Å². The maximum Gasteiger partial charge on any atom is 0.321 e. The molecule has 1 N–H and O–H groups in total. The molecule has 1 atom stereocenters. The lowest BCUT2D eigenvalue weighted by molar-refractivity contribution is -0.152. The molecule has 1 aromatic rings. The fraction of sp³-hybridized carbons (Fsp3) is 0.583. The van der Waals surface area contributed by atoms with Gasteiger partial charge in [0.25, 0.3) is 0 Å². The molecule has 0 saturated heterocycles. The zero-order chi connectivity index (χ0) is 13.3. The van der Waals surface area contributed by atoms with E-state index in [4.69, 9.17) is 0 Å². The number of aryl methyl sites for hydroxylation is 1. The van der Waals surface area contributed by atoms with Gasteiger partial charge in [-0.15, -0.1) is 11.3 Å². The monoisotopic (exact) mass is 268 g/mol. The van der Waals surface area contributed by atoms with Crippen LogP contribution in [0.3, 0.4) is 0 Å². The maximum atomic E-state index is 12.1. The number of methoxy groups -OCH3 is 1. The lowest BCUT2D eigenvalue weighted by atomic mass is 10.1. The van der Waals surface area contributed by atoms with E-state index >= 15 is 0 Å². The zero-order valence-electron chi connectivity index (χ0n) is 10.6. The van der Waals surface area contributed by atoms with Gasteiger partial charge in [-0.05, 0) is 26.7 Å². The first kappa shape index (κ1) is 13.0. The van der Waals surface area contributed by atoms with E-state index in [0.29, 0.717) is 12.8 Å². The number of rotatable bonds is 4. The first-order chi connectivity index (χ1) is 8.49. The predicted molar refractivity (Wildman–Crippen MR) is 67.1 cm³/mol. The zero-order valence-corrected chi connectivity index (χ0v) is 11.5. The summed E-state index contributed by atoms with van der Waals surface area (Å²) < 4.78 is 4.68. The second-order valence-corrected chi connectivity index (χ2v) is 5.62. The van der Waals surface area contributed by atoms with Crippen molar-refractivity contribution in [3.63, 3.8) is 0 Å². The normalized spacial score (nSPS) is 17.9. The van der Waals surface area contributed by atoms with Crippen molar-refractivity contribution in [2.75, 3.05) is 7.11 Å². The SMILES string of the molecule is COC(=O)C1(C(=O)N[C@H](C)c2csc(C)n2)CC1. The maximum absolute atomic E-state index is 12.1. The van der Waals surface area contributed by atoms with E-state index in [1.807, 2.05) is 19.2 Å². The third-order valence-electron chi connectivity index (χ3n) is 3.19. The smallest absolute Gasteiger partial charge is 0.321 e. The summed E-state index contributed by atoms with van der Waals surface area (Å²) in [6.07, 6.45) is 1.13. The van der Waals surface area contributed by atoms with Crippen LogP contribution in [0.15, 0.2) is 5.38 Å². The molecule has 1 amide bonds. The summed E-state index contributed by atoms with van der Waals surface area (Å²) in [5.41, 5.74) is -0.125. The van der Waals surface area contributed by atoms with Crippen molar-refractivity contribution in [1.82, 2.24) is 10.3 Å². The predicted octanol–water partition coefficient (Wildman–Crippen LogP) is 1.58. The van der Waals surface area contributed by atoms with Crippen LogP contribution in [0, 0.1) is 12.3 Å². The molecule has 98 valence electrons.